The number of benzene rings is 1. The number of aliphatic hydroxyl groups excluding tert-OH is 1. The molecule has 1 saturated heterocycles. The molecule has 0 bridgehead atoms. The highest BCUT2D eigenvalue weighted by atomic mass is 16.5. The van der Waals surface area contributed by atoms with E-state index in [2.05, 4.69) is 21.0 Å². The first-order chi connectivity index (χ1) is 18.0. The van der Waals surface area contributed by atoms with Crippen molar-refractivity contribution in [3.05, 3.63) is 41.6 Å². The second kappa shape index (κ2) is 10.3. The lowest BCUT2D eigenvalue weighted by molar-refractivity contribution is 0.0950. The Morgan fingerprint density at radius 2 is 2.03 bits per heavy atom. The fourth-order valence-corrected chi connectivity index (χ4v) is 5.41. The number of amides is 1. The zero-order chi connectivity index (χ0) is 25.4. The summed E-state index contributed by atoms with van der Waals surface area (Å²) in [6.45, 7) is 4.34. The summed E-state index contributed by atoms with van der Waals surface area (Å²) in [6.07, 6.45) is 8.53. The van der Waals surface area contributed by atoms with Gasteiger partial charge < -0.3 is 25.8 Å². The molecule has 3 aliphatic rings. The Morgan fingerprint density at radius 1 is 1.16 bits per heavy atom. The van der Waals surface area contributed by atoms with E-state index in [-0.39, 0.29) is 18.1 Å². The summed E-state index contributed by atoms with van der Waals surface area (Å²) < 4.78 is 7.39. The van der Waals surface area contributed by atoms with Crippen molar-refractivity contribution in [1.29, 1.82) is 0 Å². The van der Waals surface area contributed by atoms with Crippen molar-refractivity contribution >= 4 is 23.2 Å². The van der Waals surface area contributed by atoms with Crippen LogP contribution in [0.4, 0.5) is 11.6 Å². The Balaban J connectivity index is 1.33. The van der Waals surface area contributed by atoms with E-state index in [1.54, 1.807) is 0 Å². The minimum atomic E-state index is -0.375. The number of carbonyl (C=O) groups is 1. The SMILES string of the molecule is Cc1cc(-c2cnn3c(NCC4CCOC4)cc(NC4CCCCC4O)nc23)ccc1C(=O)NC1CC1. The number of fused-ring (bicyclic) bond motifs is 1. The van der Waals surface area contributed by atoms with Crippen LogP contribution in [0, 0.1) is 12.8 Å². The van der Waals surface area contributed by atoms with Gasteiger partial charge in [0.2, 0.25) is 0 Å². The molecule has 6 rings (SSSR count). The maximum absolute atomic E-state index is 12.6. The molecule has 9 nitrogen and oxygen atoms in total. The zero-order valence-corrected chi connectivity index (χ0v) is 21.4. The van der Waals surface area contributed by atoms with Crippen LogP contribution in [0.3, 0.4) is 0 Å². The van der Waals surface area contributed by atoms with Crippen LogP contribution in [0.5, 0.6) is 0 Å². The number of aliphatic hydroxyl groups is 1. The second-order valence-electron chi connectivity index (χ2n) is 10.8. The number of rotatable bonds is 8. The largest absolute Gasteiger partial charge is 0.391 e. The number of ether oxygens (including phenoxy) is 1. The van der Waals surface area contributed by atoms with Gasteiger partial charge >= 0.3 is 0 Å². The van der Waals surface area contributed by atoms with Crippen molar-refractivity contribution in [2.24, 2.45) is 5.92 Å². The second-order valence-corrected chi connectivity index (χ2v) is 10.8. The molecule has 1 amide bonds. The van der Waals surface area contributed by atoms with Gasteiger partial charge in [0, 0.05) is 42.3 Å². The van der Waals surface area contributed by atoms with E-state index in [0.717, 1.165) is 98.7 Å². The van der Waals surface area contributed by atoms with Gasteiger partial charge in [0.25, 0.3) is 5.91 Å². The smallest absolute Gasteiger partial charge is 0.251 e. The van der Waals surface area contributed by atoms with Gasteiger partial charge in [-0.15, -0.1) is 0 Å². The van der Waals surface area contributed by atoms with Gasteiger partial charge in [-0.3, -0.25) is 4.79 Å². The molecule has 0 spiro atoms. The Labute approximate surface area is 217 Å². The maximum atomic E-state index is 12.6. The molecule has 2 aliphatic carbocycles. The first-order valence-corrected chi connectivity index (χ1v) is 13.6. The third-order valence-corrected chi connectivity index (χ3v) is 7.83. The van der Waals surface area contributed by atoms with Gasteiger partial charge in [-0.05, 0) is 56.2 Å². The van der Waals surface area contributed by atoms with Crippen molar-refractivity contribution in [3.8, 4) is 11.1 Å². The molecule has 3 atom stereocenters. The number of nitrogens with zero attached hydrogens (tertiary/aromatic N) is 3. The number of aryl methyl sites for hydroxylation is 1. The Kier molecular flexibility index (Phi) is 6.73. The predicted octanol–water partition coefficient (Wildman–Crippen LogP) is 3.76. The first-order valence-electron chi connectivity index (χ1n) is 13.6. The summed E-state index contributed by atoms with van der Waals surface area (Å²) in [7, 11) is 0. The lowest BCUT2D eigenvalue weighted by atomic mass is 9.92. The monoisotopic (exact) mass is 504 g/mol. The van der Waals surface area contributed by atoms with Crippen LogP contribution in [-0.2, 0) is 4.74 Å². The van der Waals surface area contributed by atoms with Gasteiger partial charge in [-0.1, -0.05) is 25.0 Å². The molecule has 9 heteroatoms. The molecule has 3 unspecified atom stereocenters. The highest BCUT2D eigenvalue weighted by Crippen LogP contribution is 2.30. The molecule has 37 heavy (non-hydrogen) atoms. The van der Waals surface area contributed by atoms with Crippen molar-refractivity contribution in [2.75, 3.05) is 30.4 Å². The van der Waals surface area contributed by atoms with Gasteiger partial charge in [0.15, 0.2) is 5.65 Å². The molecule has 2 saturated carbocycles. The summed E-state index contributed by atoms with van der Waals surface area (Å²) in [5.74, 6) is 2.03. The molecule has 1 aliphatic heterocycles. The van der Waals surface area contributed by atoms with Crippen LogP contribution in [0.2, 0.25) is 0 Å². The number of anilines is 2. The molecule has 4 N–H and O–H groups in total. The molecule has 1 aromatic carbocycles. The summed E-state index contributed by atoms with van der Waals surface area (Å²) >= 11 is 0. The lowest BCUT2D eigenvalue weighted by Gasteiger charge is -2.29. The van der Waals surface area contributed by atoms with E-state index in [1.165, 1.54) is 0 Å². The quantitative estimate of drug-likeness (QED) is 0.369. The average molecular weight is 505 g/mol. The van der Waals surface area contributed by atoms with Crippen LogP contribution < -0.4 is 16.0 Å². The molecular formula is C28H36N6O3. The fourth-order valence-electron chi connectivity index (χ4n) is 5.41. The van der Waals surface area contributed by atoms with Crippen LogP contribution in [0.1, 0.15) is 60.9 Å². The van der Waals surface area contributed by atoms with Crippen molar-refractivity contribution in [2.45, 2.75) is 70.1 Å². The van der Waals surface area contributed by atoms with Crippen molar-refractivity contribution in [3.63, 3.8) is 0 Å². The predicted molar refractivity (Wildman–Crippen MR) is 143 cm³/mol. The summed E-state index contributed by atoms with van der Waals surface area (Å²) in [4.78, 5) is 17.6. The molecule has 3 heterocycles. The van der Waals surface area contributed by atoms with Crippen molar-refractivity contribution < 1.29 is 14.6 Å². The molecule has 0 radical (unpaired) electrons. The number of carbonyl (C=O) groups excluding carboxylic acids is 1. The Hall–Kier alpha value is -3.17. The minimum absolute atomic E-state index is 0.00977. The summed E-state index contributed by atoms with van der Waals surface area (Å²) in [5.41, 5.74) is 4.23. The third kappa shape index (κ3) is 5.29. The third-order valence-electron chi connectivity index (χ3n) is 7.83. The Bertz CT molecular complexity index is 1280. The topological polar surface area (TPSA) is 113 Å². The van der Waals surface area contributed by atoms with E-state index in [0.29, 0.717) is 17.5 Å². The average Bonchev–Trinajstić information content (AvgIpc) is 3.36. The van der Waals surface area contributed by atoms with Crippen LogP contribution in [-0.4, -0.2) is 63.6 Å². The first kappa shape index (κ1) is 24.2. The minimum Gasteiger partial charge on any atom is -0.391 e. The van der Waals surface area contributed by atoms with Crippen molar-refractivity contribution in [1.82, 2.24) is 19.9 Å². The van der Waals surface area contributed by atoms with E-state index >= 15 is 0 Å². The van der Waals surface area contributed by atoms with Crippen LogP contribution >= 0.6 is 0 Å². The highest BCUT2D eigenvalue weighted by molar-refractivity contribution is 5.97. The maximum Gasteiger partial charge on any atom is 0.251 e. The molecule has 3 aromatic rings. The van der Waals surface area contributed by atoms with Crippen LogP contribution in [0.25, 0.3) is 16.8 Å². The van der Waals surface area contributed by atoms with Gasteiger partial charge in [-0.25, -0.2) is 4.98 Å². The van der Waals surface area contributed by atoms with E-state index in [1.807, 2.05) is 41.9 Å². The van der Waals surface area contributed by atoms with E-state index < -0.39 is 0 Å². The van der Waals surface area contributed by atoms with Crippen LogP contribution in [0.15, 0.2) is 30.5 Å². The highest BCUT2D eigenvalue weighted by Gasteiger charge is 2.26. The summed E-state index contributed by atoms with van der Waals surface area (Å²) in [5, 5.41) is 25.4. The molecule has 196 valence electrons. The number of hydrogen-bond acceptors (Lipinski definition) is 7. The number of aromatic nitrogens is 3. The molecular weight excluding hydrogens is 468 g/mol. The standard InChI is InChI=1S/C28H36N6O3/c1-17-12-19(6-9-21(17)28(36)31-20-7-8-20)22-15-30-34-26(29-14-18-10-11-37-16-18)13-25(33-27(22)34)32-23-4-2-3-5-24(23)35/h6,9,12-13,15,18,20,23-24,29,35H,2-5,7-8,10-11,14,16H2,1H3,(H,31,36)(H,32,33). The normalized spacial score (nSPS) is 23.8. The number of nitrogens with one attached hydrogen (secondary N) is 3. The molecule has 3 fully saturated rings. The van der Waals surface area contributed by atoms with E-state index in [4.69, 9.17) is 9.72 Å². The lowest BCUT2D eigenvalue weighted by Crippen LogP contribution is -2.36. The molecule has 2 aromatic heterocycles. The number of hydrogen-bond donors (Lipinski definition) is 4. The fraction of sp³-hybridized carbons (Fsp3) is 0.536. The van der Waals surface area contributed by atoms with Gasteiger partial charge in [-0.2, -0.15) is 9.61 Å². The zero-order valence-electron chi connectivity index (χ0n) is 21.4. The van der Waals surface area contributed by atoms with Gasteiger partial charge in [0.05, 0.1) is 24.9 Å². The summed E-state index contributed by atoms with van der Waals surface area (Å²) in [6, 6.07) is 8.20. The Morgan fingerprint density at radius 3 is 2.78 bits per heavy atom. The van der Waals surface area contributed by atoms with Gasteiger partial charge in [0.1, 0.15) is 11.6 Å². The van der Waals surface area contributed by atoms with E-state index in [9.17, 15) is 9.90 Å².